The fourth-order valence-corrected chi connectivity index (χ4v) is 2.83. The lowest BCUT2D eigenvalue weighted by Gasteiger charge is -2.28. The lowest BCUT2D eigenvalue weighted by atomic mass is 9.80. The van der Waals surface area contributed by atoms with Gasteiger partial charge in [-0.3, -0.25) is 4.79 Å². The summed E-state index contributed by atoms with van der Waals surface area (Å²) in [5, 5.41) is 3.05. The van der Waals surface area contributed by atoms with Crippen molar-refractivity contribution >= 4 is 18.3 Å². The Labute approximate surface area is 124 Å². The molecule has 1 saturated carbocycles. The molecule has 4 heteroatoms. The normalized spacial score (nSPS) is 22.6. The van der Waals surface area contributed by atoms with Crippen molar-refractivity contribution in [2.75, 3.05) is 13.1 Å². The molecule has 0 aromatic carbocycles. The minimum Gasteiger partial charge on any atom is -0.356 e. The van der Waals surface area contributed by atoms with E-state index in [9.17, 15) is 4.79 Å². The number of carbonyl (C=O) groups excluding carboxylic acids is 1. The van der Waals surface area contributed by atoms with Gasteiger partial charge in [0.2, 0.25) is 5.91 Å². The van der Waals surface area contributed by atoms with Gasteiger partial charge in [0.05, 0.1) is 0 Å². The lowest BCUT2D eigenvalue weighted by Crippen LogP contribution is -2.31. The highest BCUT2D eigenvalue weighted by atomic mass is 35.5. The Morgan fingerprint density at radius 1 is 1.16 bits per heavy atom. The Kier molecular flexibility index (Phi) is 11.4. The predicted molar refractivity (Wildman–Crippen MR) is 83.5 cm³/mol. The third-order valence-electron chi connectivity index (χ3n) is 4.13. The number of amides is 1. The van der Waals surface area contributed by atoms with Crippen molar-refractivity contribution in [2.45, 2.75) is 64.7 Å². The molecule has 3 N–H and O–H groups in total. The second-order valence-electron chi connectivity index (χ2n) is 5.73. The summed E-state index contributed by atoms with van der Waals surface area (Å²) >= 11 is 0. The van der Waals surface area contributed by atoms with Gasteiger partial charge in [-0.25, -0.2) is 0 Å². The molecule has 0 spiro atoms. The topological polar surface area (TPSA) is 55.1 Å². The van der Waals surface area contributed by atoms with Gasteiger partial charge < -0.3 is 11.1 Å². The number of carbonyl (C=O) groups is 1. The van der Waals surface area contributed by atoms with Gasteiger partial charge >= 0.3 is 0 Å². The molecule has 0 aromatic heterocycles. The molecule has 0 heterocycles. The summed E-state index contributed by atoms with van der Waals surface area (Å²) in [5.41, 5.74) is 5.39. The van der Waals surface area contributed by atoms with E-state index < -0.39 is 0 Å². The fraction of sp³-hybridized carbons (Fsp3) is 0.933. The van der Waals surface area contributed by atoms with Crippen LogP contribution in [0.1, 0.15) is 64.7 Å². The minimum absolute atomic E-state index is 0. The van der Waals surface area contributed by atoms with Gasteiger partial charge in [0, 0.05) is 13.0 Å². The third kappa shape index (κ3) is 8.48. The van der Waals surface area contributed by atoms with Gasteiger partial charge in [0.1, 0.15) is 0 Å². The molecule has 0 atom stereocenters. The fourth-order valence-electron chi connectivity index (χ4n) is 2.83. The first kappa shape index (κ1) is 18.7. The average molecular weight is 291 g/mol. The number of rotatable bonds is 8. The SMILES string of the molecule is CCCCC1CCC(CNC(=O)CCCN)CC1.Cl. The van der Waals surface area contributed by atoms with Crippen LogP contribution in [0.15, 0.2) is 0 Å². The van der Waals surface area contributed by atoms with Crippen LogP contribution >= 0.6 is 12.4 Å². The number of hydrogen-bond acceptors (Lipinski definition) is 2. The molecule has 114 valence electrons. The smallest absolute Gasteiger partial charge is 0.220 e. The summed E-state index contributed by atoms with van der Waals surface area (Å²) in [6.07, 6.45) is 10.8. The molecule has 0 radical (unpaired) electrons. The zero-order valence-electron chi connectivity index (χ0n) is 12.3. The van der Waals surface area contributed by atoms with Crippen LogP contribution in [0.3, 0.4) is 0 Å². The third-order valence-corrected chi connectivity index (χ3v) is 4.13. The Balaban J connectivity index is 0.00000324. The highest BCUT2D eigenvalue weighted by Gasteiger charge is 2.20. The van der Waals surface area contributed by atoms with E-state index in [2.05, 4.69) is 12.2 Å². The van der Waals surface area contributed by atoms with Crippen molar-refractivity contribution in [3.8, 4) is 0 Å². The summed E-state index contributed by atoms with van der Waals surface area (Å²) in [6.45, 7) is 3.75. The summed E-state index contributed by atoms with van der Waals surface area (Å²) in [7, 11) is 0. The molecule has 1 aliphatic rings. The Morgan fingerprint density at radius 3 is 2.37 bits per heavy atom. The minimum atomic E-state index is 0. The average Bonchev–Trinajstić information content (AvgIpc) is 2.41. The standard InChI is InChI=1S/C15H30N2O.ClH/c1-2-3-5-13-7-9-14(10-8-13)12-17-15(18)6-4-11-16;/h13-14H,2-12,16H2,1H3,(H,17,18);1H. The van der Waals surface area contributed by atoms with Crippen LogP contribution in [0.4, 0.5) is 0 Å². The van der Waals surface area contributed by atoms with Gasteiger partial charge in [-0.15, -0.1) is 12.4 Å². The number of nitrogens with two attached hydrogens (primary N) is 1. The monoisotopic (exact) mass is 290 g/mol. The Bertz CT molecular complexity index is 228. The number of hydrogen-bond donors (Lipinski definition) is 2. The molecule has 1 aliphatic carbocycles. The Hall–Kier alpha value is -0.280. The van der Waals surface area contributed by atoms with Gasteiger partial charge in [-0.2, -0.15) is 0 Å². The highest BCUT2D eigenvalue weighted by molar-refractivity contribution is 5.85. The van der Waals surface area contributed by atoms with Crippen molar-refractivity contribution in [3.63, 3.8) is 0 Å². The summed E-state index contributed by atoms with van der Waals surface area (Å²) in [4.78, 5) is 11.5. The molecule has 0 unspecified atom stereocenters. The summed E-state index contributed by atoms with van der Waals surface area (Å²) < 4.78 is 0. The maximum atomic E-state index is 11.5. The van der Waals surface area contributed by atoms with E-state index in [0.717, 1.165) is 18.9 Å². The van der Waals surface area contributed by atoms with Crippen LogP contribution in [0.2, 0.25) is 0 Å². The van der Waals surface area contributed by atoms with E-state index in [1.165, 1.54) is 44.9 Å². The highest BCUT2D eigenvalue weighted by Crippen LogP contribution is 2.31. The molecule has 3 nitrogen and oxygen atoms in total. The first-order valence-corrected chi connectivity index (χ1v) is 7.73. The van der Waals surface area contributed by atoms with Crippen molar-refractivity contribution in [1.29, 1.82) is 0 Å². The number of halogens is 1. The van der Waals surface area contributed by atoms with Crippen LogP contribution < -0.4 is 11.1 Å². The van der Waals surface area contributed by atoms with E-state index in [1.807, 2.05) is 0 Å². The molecule has 0 saturated heterocycles. The van der Waals surface area contributed by atoms with Crippen molar-refractivity contribution in [1.82, 2.24) is 5.32 Å². The van der Waals surface area contributed by atoms with Crippen LogP contribution in [-0.2, 0) is 4.79 Å². The molecule has 1 fully saturated rings. The van der Waals surface area contributed by atoms with E-state index in [0.29, 0.717) is 18.9 Å². The maximum absolute atomic E-state index is 11.5. The second kappa shape index (κ2) is 11.5. The molecule has 0 bridgehead atoms. The van der Waals surface area contributed by atoms with Gasteiger partial charge in [-0.05, 0) is 37.6 Å². The maximum Gasteiger partial charge on any atom is 0.220 e. The van der Waals surface area contributed by atoms with E-state index >= 15 is 0 Å². The second-order valence-corrected chi connectivity index (χ2v) is 5.73. The van der Waals surface area contributed by atoms with Crippen molar-refractivity contribution in [3.05, 3.63) is 0 Å². The Morgan fingerprint density at radius 2 is 1.79 bits per heavy atom. The molecule has 1 rings (SSSR count). The number of unbranched alkanes of at least 4 members (excludes halogenated alkanes) is 1. The van der Waals surface area contributed by atoms with Crippen LogP contribution in [0, 0.1) is 11.8 Å². The zero-order valence-corrected chi connectivity index (χ0v) is 13.1. The van der Waals surface area contributed by atoms with Crippen LogP contribution in [-0.4, -0.2) is 19.0 Å². The first-order chi connectivity index (χ1) is 8.76. The first-order valence-electron chi connectivity index (χ1n) is 7.73. The van der Waals surface area contributed by atoms with Gasteiger partial charge in [-0.1, -0.05) is 39.0 Å². The van der Waals surface area contributed by atoms with Crippen LogP contribution in [0.25, 0.3) is 0 Å². The molecule has 0 aromatic rings. The lowest BCUT2D eigenvalue weighted by molar-refractivity contribution is -0.121. The molecule has 1 amide bonds. The van der Waals surface area contributed by atoms with Crippen LogP contribution in [0.5, 0.6) is 0 Å². The van der Waals surface area contributed by atoms with Gasteiger partial charge in [0.15, 0.2) is 0 Å². The van der Waals surface area contributed by atoms with E-state index in [1.54, 1.807) is 0 Å². The largest absolute Gasteiger partial charge is 0.356 e. The van der Waals surface area contributed by atoms with E-state index in [4.69, 9.17) is 5.73 Å². The summed E-state index contributed by atoms with van der Waals surface area (Å²) in [5.74, 6) is 1.84. The quantitative estimate of drug-likeness (QED) is 0.721. The molecule has 19 heavy (non-hydrogen) atoms. The predicted octanol–water partition coefficient (Wildman–Crippen LogP) is 3.26. The van der Waals surface area contributed by atoms with Gasteiger partial charge in [0.25, 0.3) is 0 Å². The zero-order chi connectivity index (χ0) is 13.2. The molecular weight excluding hydrogens is 260 g/mol. The number of nitrogens with one attached hydrogen (secondary N) is 1. The van der Waals surface area contributed by atoms with Crippen molar-refractivity contribution in [2.24, 2.45) is 17.6 Å². The molecular formula is C15H31ClN2O. The molecule has 0 aliphatic heterocycles. The van der Waals surface area contributed by atoms with E-state index in [-0.39, 0.29) is 18.3 Å². The summed E-state index contributed by atoms with van der Waals surface area (Å²) in [6, 6.07) is 0. The van der Waals surface area contributed by atoms with Crippen molar-refractivity contribution < 1.29 is 4.79 Å².